The molecular formula is C12H13N. The lowest BCUT2D eigenvalue weighted by molar-refractivity contribution is 1.12. The van der Waals surface area contributed by atoms with Crippen LogP contribution in [0.15, 0.2) is 29.3 Å². The summed E-state index contributed by atoms with van der Waals surface area (Å²) < 4.78 is 0. The van der Waals surface area contributed by atoms with Crippen LogP contribution in [0.4, 0.5) is 0 Å². The van der Waals surface area contributed by atoms with Gasteiger partial charge in [-0.1, -0.05) is 24.3 Å². The van der Waals surface area contributed by atoms with Gasteiger partial charge in [0, 0.05) is 5.22 Å². The van der Waals surface area contributed by atoms with E-state index in [9.17, 15) is 0 Å². The summed E-state index contributed by atoms with van der Waals surface area (Å²) in [7, 11) is 0. The molecule has 0 aliphatic carbocycles. The van der Waals surface area contributed by atoms with E-state index in [4.69, 9.17) is 0 Å². The summed E-state index contributed by atoms with van der Waals surface area (Å²) in [5.74, 6) is 0. The molecule has 0 radical (unpaired) electrons. The van der Waals surface area contributed by atoms with E-state index in [-0.39, 0.29) is 0 Å². The summed E-state index contributed by atoms with van der Waals surface area (Å²) in [6, 6.07) is 4.34. The number of aryl methyl sites for hydroxylation is 2. The van der Waals surface area contributed by atoms with Crippen LogP contribution in [0.5, 0.6) is 0 Å². The molecule has 0 atom stereocenters. The number of hydrogen-bond acceptors (Lipinski definition) is 1. The van der Waals surface area contributed by atoms with E-state index >= 15 is 0 Å². The lowest BCUT2D eigenvalue weighted by Gasteiger charge is -1.97. The second kappa shape index (κ2) is 3.17. The Kier molecular flexibility index (Phi) is 2.01. The summed E-state index contributed by atoms with van der Waals surface area (Å²) in [6.45, 7) is 5.05. The van der Waals surface area contributed by atoms with Crippen molar-refractivity contribution < 1.29 is 0 Å². The van der Waals surface area contributed by atoms with Gasteiger partial charge in [-0.15, -0.1) is 0 Å². The van der Waals surface area contributed by atoms with E-state index in [0.29, 0.717) is 0 Å². The second-order valence-corrected chi connectivity index (χ2v) is 3.45. The van der Waals surface area contributed by atoms with E-state index < -0.39 is 0 Å². The third kappa shape index (κ3) is 1.55. The average Bonchev–Trinajstić information content (AvgIpc) is 2.28. The van der Waals surface area contributed by atoms with E-state index in [1.807, 2.05) is 0 Å². The standard InChI is InChI=1S/C12H13N/c1-9-7-10(2)11-5-3-4-6-13-12(11)8-9/h3-5,7-8H,6H2,1-2H3. The van der Waals surface area contributed by atoms with Gasteiger partial charge in [0.2, 0.25) is 0 Å². The molecule has 0 saturated carbocycles. The number of hydrogen-bond donors (Lipinski definition) is 0. The monoisotopic (exact) mass is 171 g/mol. The summed E-state index contributed by atoms with van der Waals surface area (Å²) in [4.78, 5) is 4.49. The lowest BCUT2D eigenvalue weighted by atomic mass is 10.1. The summed E-state index contributed by atoms with van der Waals surface area (Å²) in [5.41, 5.74) is 2.60. The molecule has 1 aliphatic rings. The Morgan fingerprint density at radius 3 is 2.92 bits per heavy atom. The van der Waals surface area contributed by atoms with Crippen molar-refractivity contribution in [2.45, 2.75) is 13.8 Å². The number of allylic oxidation sites excluding steroid dienone is 1. The number of nitrogens with zero attached hydrogens (tertiary/aromatic N) is 1. The SMILES string of the molecule is Cc1cc(C)c2c(c1)=NCC=CC=2. The van der Waals surface area contributed by atoms with Crippen molar-refractivity contribution in [1.29, 1.82) is 0 Å². The fourth-order valence-electron chi connectivity index (χ4n) is 1.68. The van der Waals surface area contributed by atoms with Gasteiger partial charge in [-0.25, -0.2) is 0 Å². The molecule has 0 unspecified atom stereocenters. The van der Waals surface area contributed by atoms with Crippen molar-refractivity contribution in [3.63, 3.8) is 0 Å². The Labute approximate surface area is 78.1 Å². The number of fused-ring (bicyclic) bond motifs is 1. The molecule has 1 aliphatic heterocycles. The zero-order valence-electron chi connectivity index (χ0n) is 8.04. The summed E-state index contributed by atoms with van der Waals surface area (Å²) in [5, 5.41) is 2.39. The van der Waals surface area contributed by atoms with Crippen molar-refractivity contribution in [2.75, 3.05) is 6.54 Å². The van der Waals surface area contributed by atoms with Crippen molar-refractivity contribution in [2.24, 2.45) is 4.99 Å². The van der Waals surface area contributed by atoms with Gasteiger partial charge in [0.1, 0.15) is 0 Å². The highest BCUT2D eigenvalue weighted by Crippen LogP contribution is 1.94. The maximum absolute atomic E-state index is 4.49. The van der Waals surface area contributed by atoms with E-state index in [2.05, 4.69) is 49.2 Å². The molecular weight excluding hydrogens is 158 g/mol. The van der Waals surface area contributed by atoms with Gasteiger partial charge in [0.15, 0.2) is 0 Å². The molecule has 2 rings (SSSR count). The molecule has 1 aromatic rings. The van der Waals surface area contributed by atoms with Gasteiger partial charge in [0.25, 0.3) is 0 Å². The number of rotatable bonds is 0. The molecule has 1 aromatic carbocycles. The summed E-state index contributed by atoms with van der Waals surface area (Å²) in [6.07, 6.45) is 6.30. The Bertz CT molecular complexity index is 467. The van der Waals surface area contributed by atoms with Crippen LogP contribution in [-0.4, -0.2) is 6.54 Å². The Morgan fingerprint density at radius 2 is 2.08 bits per heavy atom. The highest BCUT2D eigenvalue weighted by atomic mass is 14.7. The van der Waals surface area contributed by atoms with Crippen LogP contribution < -0.4 is 10.6 Å². The second-order valence-electron chi connectivity index (χ2n) is 3.45. The van der Waals surface area contributed by atoms with Crippen LogP contribution in [0.1, 0.15) is 11.1 Å². The zero-order chi connectivity index (χ0) is 9.26. The first-order valence-corrected chi connectivity index (χ1v) is 4.56. The van der Waals surface area contributed by atoms with E-state index in [1.54, 1.807) is 0 Å². The van der Waals surface area contributed by atoms with E-state index in [0.717, 1.165) is 11.9 Å². The first-order valence-electron chi connectivity index (χ1n) is 4.56. The van der Waals surface area contributed by atoms with E-state index in [1.165, 1.54) is 16.3 Å². The van der Waals surface area contributed by atoms with Gasteiger partial charge in [-0.05, 0) is 31.0 Å². The van der Waals surface area contributed by atoms with Crippen molar-refractivity contribution in [3.8, 4) is 0 Å². The van der Waals surface area contributed by atoms with Crippen LogP contribution in [0, 0.1) is 13.8 Å². The predicted octanol–water partition coefficient (Wildman–Crippen LogP) is 1.27. The molecule has 66 valence electrons. The first kappa shape index (κ1) is 8.24. The minimum Gasteiger partial charge on any atom is -0.281 e. The van der Waals surface area contributed by atoms with Crippen molar-refractivity contribution in [1.82, 2.24) is 0 Å². The highest BCUT2D eigenvalue weighted by molar-refractivity contribution is 5.41. The predicted molar refractivity (Wildman–Crippen MR) is 55.2 cm³/mol. The third-order valence-electron chi connectivity index (χ3n) is 2.28. The molecule has 0 saturated heterocycles. The molecule has 13 heavy (non-hydrogen) atoms. The highest BCUT2D eigenvalue weighted by Gasteiger charge is 1.95. The molecule has 0 fully saturated rings. The van der Waals surface area contributed by atoms with Crippen LogP contribution >= 0.6 is 0 Å². The topological polar surface area (TPSA) is 12.4 Å². The van der Waals surface area contributed by atoms with Crippen LogP contribution in [0.25, 0.3) is 6.08 Å². The summed E-state index contributed by atoms with van der Waals surface area (Å²) >= 11 is 0. The maximum atomic E-state index is 4.49. The van der Waals surface area contributed by atoms with Gasteiger partial charge in [-0.2, -0.15) is 0 Å². The molecule has 1 heteroatoms. The largest absolute Gasteiger partial charge is 0.281 e. The molecule has 0 spiro atoms. The fraction of sp³-hybridized carbons (Fsp3) is 0.250. The molecule has 0 N–H and O–H groups in total. The van der Waals surface area contributed by atoms with Crippen molar-refractivity contribution >= 4 is 6.08 Å². The quantitative estimate of drug-likeness (QED) is 0.557. The Balaban J connectivity index is 2.86. The van der Waals surface area contributed by atoms with Crippen LogP contribution in [0.3, 0.4) is 0 Å². The zero-order valence-corrected chi connectivity index (χ0v) is 8.04. The minimum absolute atomic E-state index is 0.798. The molecule has 0 amide bonds. The molecule has 1 nitrogen and oxygen atoms in total. The maximum Gasteiger partial charge on any atom is 0.0655 e. The Hall–Kier alpha value is -1.37. The minimum atomic E-state index is 0.798. The normalized spacial score (nSPS) is 14.0. The lowest BCUT2D eigenvalue weighted by Crippen LogP contribution is -2.27. The molecule has 1 heterocycles. The first-order chi connectivity index (χ1) is 6.27. The third-order valence-corrected chi connectivity index (χ3v) is 2.28. The fourth-order valence-corrected chi connectivity index (χ4v) is 1.68. The molecule has 0 aromatic heterocycles. The van der Waals surface area contributed by atoms with Gasteiger partial charge in [-0.3, -0.25) is 4.99 Å². The smallest absolute Gasteiger partial charge is 0.0655 e. The van der Waals surface area contributed by atoms with Crippen molar-refractivity contribution in [3.05, 3.63) is 46.0 Å². The molecule has 0 bridgehead atoms. The average molecular weight is 171 g/mol. The van der Waals surface area contributed by atoms with Gasteiger partial charge < -0.3 is 0 Å². The Morgan fingerprint density at radius 1 is 1.23 bits per heavy atom. The van der Waals surface area contributed by atoms with Gasteiger partial charge >= 0.3 is 0 Å². The van der Waals surface area contributed by atoms with Gasteiger partial charge in [0.05, 0.1) is 11.9 Å². The van der Waals surface area contributed by atoms with Crippen LogP contribution in [-0.2, 0) is 0 Å². The number of benzene rings is 1. The van der Waals surface area contributed by atoms with Crippen LogP contribution in [0.2, 0.25) is 0 Å².